The Morgan fingerprint density at radius 1 is 1.00 bits per heavy atom. The van der Waals surface area contributed by atoms with Crippen LogP contribution in [0.1, 0.15) is 21.5 Å². The lowest BCUT2D eigenvalue weighted by atomic mass is 10.2. The summed E-state index contributed by atoms with van der Waals surface area (Å²) in [6.45, 7) is 1.85. The van der Waals surface area contributed by atoms with Crippen molar-refractivity contribution in [1.29, 1.82) is 0 Å². The number of aryl methyl sites for hydroxylation is 1. The van der Waals surface area contributed by atoms with Gasteiger partial charge in [-0.15, -0.1) is 0 Å². The van der Waals surface area contributed by atoms with Gasteiger partial charge in [-0.2, -0.15) is 13.5 Å². The Bertz CT molecular complexity index is 1220. The van der Waals surface area contributed by atoms with Crippen LogP contribution in [-0.4, -0.2) is 25.5 Å². The van der Waals surface area contributed by atoms with Crippen molar-refractivity contribution >= 4 is 27.9 Å². The average Bonchev–Trinajstić information content (AvgIpc) is 2.75. The summed E-state index contributed by atoms with van der Waals surface area (Å²) in [5.41, 5.74) is 3.93. The van der Waals surface area contributed by atoms with Gasteiger partial charge >= 0.3 is 10.1 Å². The molecule has 0 unspecified atom stereocenters. The molecule has 1 amide bonds. The number of nitro groups is 1. The van der Waals surface area contributed by atoms with E-state index in [4.69, 9.17) is 4.18 Å². The number of hydrogen-bond acceptors (Lipinski definition) is 7. The number of carbonyl (C=O) groups is 1. The van der Waals surface area contributed by atoms with Crippen LogP contribution in [0.15, 0.2) is 82.8 Å². The number of nitrogens with one attached hydrogen (secondary N) is 1. The number of non-ortho nitro benzene ring substituents is 1. The lowest BCUT2D eigenvalue weighted by Gasteiger charge is -2.07. The van der Waals surface area contributed by atoms with E-state index in [1.807, 2.05) is 6.92 Å². The Kier molecular flexibility index (Phi) is 6.41. The van der Waals surface area contributed by atoms with E-state index in [1.54, 1.807) is 24.3 Å². The van der Waals surface area contributed by atoms with Crippen LogP contribution in [0.25, 0.3) is 0 Å². The van der Waals surface area contributed by atoms with Crippen LogP contribution in [0, 0.1) is 17.0 Å². The van der Waals surface area contributed by atoms with Crippen molar-refractivity contribution in [2.45, 2.75) is 11.8 Å². The van der Waals surface area contributed by atoms with Crippen LogP contribution < -0.4 is 9.61 Å². The minimum absolute atomic E-state index is 0.0534. The van der Waals surface area contributed by atoms with Gasteiger partial charge in [0.2, 0.25) is 0 Å². The van der Waals surface area contributed by atoms with Crippen molar-refractivity contribution in [1.82, 2.24) is 5.43 Å². The summed E-state index contributed by atoms with van der Waals surface area (Å²) in [4.78, 5) is 22.1. The maximum atomic E-state index is 12.3. The number of benzene rings is 3. The number of nitrogens with zero attached hydrogens (tertiary/aromatic N) is 2. The Labute approximate surface area is 178 Å². The summed E-state index contributed by atoms with van der Waals surface area (Å²) in [5, 5.41) is 14.5. The van der Waals surface area contributed by atoms with E-state index in [9.17, 15) is 23.3 Å². The number of hydrogen-bond donors (Lipinski definition) is 1. The topological polar surface area (TPSA) is 128 Å². The third-order valence-electron chi connectivity index (χ3n) is 4.12. The second kappa shape index (κ2) is 9.18. The van der Waals surface area contributed by atoms with Crippen LogP contribution in [-0.2, 0) is 10.1 Å². The number of carbonyl (C=O) groups excluding carboxylic acids is 1. The van der Waals surface area contributed by atoms with Crippen molar-refractivity contribution in [2.75, 3.05) is 0 Å². The monoisotopic (exact) mass is 439 g/mol. The second-order valence-corrected chi connectivity index (χ2v) is 7.97. The lowest BCUT2D eigenvalue weighted by molar-refractivity contribution is -0.384. The highest BCUT2D eigenvalue weighted by Gasteiger charge is 2.16. The first-order valence-corrected chi connectivity index (χ1v) is 10.3. The fourth-order valence-electron chi connectivity index (χ4n) is 2.45. The Hall–Kier alpha value is -4.05. The third-order valence-corrected chi connectivity index (χ3v) is 5.38. The maximum absolute atomic E-state index is 12.3. The molecule has 0 fully saturated rings. The normalized spacial score (nSPS) is 11.3. The molecule has 0 aromatic heterocycles. The predicted molar refractivity (Wildman–Crippen MR) is 114 cm³/mol. The van der Waals surface area contributed by atoms with Crippen molar-refractivity contribution in [3.63, 3.8) is 0 Å². The van der Waals surface area contributed by atoms with Crippen molar-refractivity contribution in [2.24, 2.45) is 5.10 Å². The van der Waals surface area contributed by atoms with E-state index in [0.717, 1.165) is 5.56 Å². The van der Waals surface area contributed by atoms with Gasteiger partial charge in [0.05, 0.1) is 11.1 Å². The van der Waals surface area contributed by atoms with Crippen LogP contribution >= 0.6 is 0 Å². The van der Waals surface area contributed by atoms with Gasteiger partial charge in [-0.05, 0) is 61.0 Å². The molecule has 9 nitrogen and oxygen atoms in total. The summed E-state index contributed by atoms with van der Waals surface area (Å²) in [6, 6.07) is 17.5. The van der Waals surface area contributed by atoms with Gasteiger partial charge in [-0.3, -0.25) is 14.9 Å². The van der Waals surface area contributed by atoms with Gasteiger partial charge in [0.25, 0.3) is 11.6 Å². The summed E-state index contributed by atoms with van der Waals surface area (Å²) in [5.74, 6) is -0.400. The highest BCUT2D eigenvalue weighted by atomic mass is 32.2. The van der Waals surface area contributed by atoms with Crippen molar-refractivity contribution in [3.05, 3.63) is 99.6 Å². The lowest BCUT2D eigenvalue weighted by Crippen LogP contribution is -2.17. The molecule has 0 saturated carbocycles. The first-order valence-electron chi connectivity index (χ1n) is 8.94. The van der Waals surface area contributed by atoms with Gasteiger partial charge < -0.3 is 4.18 Å². The Morgan fingerprint density at radius 3 is 2.19 bits per heavy atom. The standard InChI is InChI=1S/C21H17N3O6S/c1-15-2-12-20(13-3-15)31(28,29)30-19-10-4-16(5-11-19)14-22-23-21(25)17-6-8-18(9-7-17)24(26)27/h2-14H,1H3,(H,23,25). The van der Waals surface area contributed by atoms with Gasteiger partial charge in [0.1, 0.15) is 10.6 Å². The molecule has 0 atom stereocenters. The predicted octanol–water partition coefficient (Wildman–Crippen LogP) is 3.43. The van der Waals surface area contributed by atoms with Crippen LogP contribution in [0.5, 0.6) is 5.75 Å². The smallest absolute Gasteiger partial charge is 0.339 e. The fourth-order valence-corrected chi connectivity index (χ4v) is 3.38. The van der Waals surface area contributed by atoms with Crippen LogP contribution in [0.2, 0.25) is 0 Å². The zero-order valence-corrected chi connectivity index (χ0v) is 17.1. The number of rotatable bonds is 7. The molecule has 3 aromatic carbocycles. The van der Waals surface area contributed by atoms with E-state index < -0.39 is 20.9 Å². The van der Waals surface area contributed by atoms with E-state index in [1.165, 1.54) is 54.7 Å². The molecule has 0 aliphatic rings. The molecule has 0 heterocycles. The number of hydrazone groups is 1. The minimum Gasteiger partial charge on any atom is -0.379 e. The molecule has 3 rings (SSSR count). The van der Waals surface area contributed by atoms with Crippen molar-refractivity contribution in [3.8, 4) is 5.75 Å². The second-order valence-electron chi connectivity index (χ2n) is 6.42. The number of amides is 1. The zero-order chi connectivity index (χ0) is 22.4. The maximum Gasteiger partial charge on any atom is 0.339 e. The van der Waals surface area contributed by atoms with E-state index >= 15 is 0 Å². The van der Waals surface area contributed by atoms with Crippen LogP contribution in [0.4, 0.5) is 5.69 Å². The molecule has 10 heteroatoms. The highest BCUT2D eigenvalue weighted by molar-refractivity contribution is 7.87. The van der Waals surface area contributed by atoms with Crippen LogP contribution in [0.3, 0.4) is 0 Å². The van der Waals surface area contributed by atoms with Gasteiger partial charge in [0.15, 0.2) is 0 Å². The molecule has 0 saturated heterocycles. The van der Waals surface area contributed by atoms with Gasteiger partial charge in [-0.25, -0.2) is 5.43 Å². The fraction of sp³-hybridized carbons (Fsp3) is 0.0476. The molecule has 0 aliphatic heterocycles. The van der Waals surface area contributed by atoms with Gasteiger partial charge in [-0.1, -0.05) is 17.7 Å². The minimum atomic E-state index is -3.94. The molecular weight excluding hydrogens is 422 g/mol. The van der Waals surface area contributed by atoms with Crippen molar-refractivity contribution < 1.29 is 22.3 Å². The molecular formula is C21H17N3O6S. The average molecular weight is 439 g/mol. The highest BCUT2D eigenvalue weighted by Crippen LogP contribution is 2.19. The summed E-state index contributed by atoms with van der Waals surface area (Å²) in [6.07, 6.45) is 1.36. The first kappa shape index (κ1) is 21.7. The molecule has 1 N–H and O–H groups in total. The SMILES string of the molecule is Cc1ccc(S(=O)(=O)Oc2ccc(C=NNC(=O)c3ccc([N+](=O)[O-])cc3)cc2)cc1. The molecule has 0 aliphatic carbocycles. The molecule has 0 radical (unpaired) electrons. The third kappa shape index (κ3) is 5.73. The quantitative estimate of drug-likeness (QED) is 0.260. The molecule has 3 aromatic rings. The number of nitro benzene ring substituents is 1. The molecule has 0 spiro atoms. The first-order chi connectivity index (χ1) is 14.7. The zero-order valence-electron chi connectivity index (χ0n) is 16.3. The Morgan fingerprint density at radius 2 is 1.61 bits per heavy atom. The molecule has 0 bridgehead atoms. The molecule has 158 valence electrons. The Balaban J connectivity index is 1.59. The van der Waals surface area contributed by atoms with E-state index in [2.05, 4.69) is 10.5 Å². The largest absolute Gasteiger partial charge is 0.379 e. The summed E-state index contributed by atoms with van der Waals surface area (Å²) in [7, 11) is -3.94. The van der Waals surface area contributed by atoms with E-state index in [-0.39, 0.29) is 21.9 Å². The van der Waals surface area contributed by atoms with Gasteiger partial charge in [0, 0.05) is 17.7 Å². The molecule has 31 heavy (non-hydrogen) atoms. The summed E-state index contributed by atoms with van der Waals surface area (Å²) < 4.78 is 29.7. The van der Waals surface area contributed by atoms with E-state index in [0.29, 0.717) is 5.56 Å². The summed E-state index contributed by atoms with van der Waals surface area (Å²) >= 11 is 0.